The molecule has 0 spiro atoms. The van der Waals surface area contributed by atoms with Gasteiger partial charge in [-0.1, -0.05) is 0 Å². The van der Waals surface area contributed by atoms with E-state index in [1.54, 1.807) is 0 Å². The number of alkyl halides is 3. The van der Waals surface area contributed by atoms with Gasteiger partial charge in [-0.15, -0.1) is 0 Å². The molecule has 0 amide bonds. The van der Waals surface area contributed by atoms with E-state index in [4.69, 9.17) is 0 Å². The van der Waals surface area contributed by atoms with E-state index in [2.05, 4.69) is 20.6 Å². The lowest BCUT2D eigenvalue weighted by molar-refractivity contribution is -0.137. The van der Waals surface area contributed by atoms with E-state index in [-0.39, 0.29) is 12.1 Å². The van der Waals surface area contributed by atoms with Crippen LogP contribution in [0.2, 0.25) is 0 Å². The van der Waals surface area contributed by atoms with Crippen molar-refractivity contribution in [2.45, 2.75) is 31.6 Å². The van der Waals surface area contributed by atoms with Gasteiger partial charge in [0.15, 0.2) is 0 Å². The van der Waals surface area contributed by atoms with E-state index in [1.807, 2.05) is 6.92 Å². The lowest BCUT2D eigenvalue weighted by atomic mass is 10.1. The number of benzene rings is 1. The Balaban J connectivity index is 2.01. The first-order chi connectivity index (χ1) is 9.95. The molecule has 1 saturated heterocycles. The van der Waals surface area contributed by atoms with Gasteiger partial charge < -0.3 is 10.6 Å². The van der Waals surface area contributed by atoms with Crippen LogP contribution in [0.15, 0.2) is 24.5 Å². The minimum Gasteiger partial charge on any atom is -0.365 e. The van der Waals surface area contributed by atoms with Crippen molar-refractivity contribution in [2.75, 3.05) is 11.9 Å². The highest BCUT2D eigenvalue weighted by Gasteiger charge is 2.31. The Hall–Kier alpha value is -1.89. The molecule has 21 heavy (non-hydrogen) atoms. The van der Waals surface area contributed by atoms with E-state index in [1.165, 1.54) is 12.4 Å². The van der Waals surface area contributed by atoms with Gasteiger partial charge in [0.2, 0.25) is 0 Å². The Morgan fingerprint density at radius 3 is 2.76 bits per heavy atom. The van der Waals surface area contributed by atoms with Crippen molar-refractivity contribution in [3.63, 3.8) is 0 Å². The van der Waals surface area contributed by atoms with Crippen molar-refractivity contribution in [1.82, 2.24) is 15.3 Å². The molecule has 0 bridgehead atoms. The maximum Gasteiger partial charge on any atom is 0.416 e. The fraction of sp³-hybridized carbons (Fsp3) is 0.429. The second kappa shape index (κ2) is 5.14. The number of aromatic nitrogens is 2. The van der Waals surface area contributed by atoms with Crippen molar-refractivity contribution in [2.24, 2.45) is 0 Å². The molecular formula is C14H15F3N4. The SMILES string of the molecule is C[C@H]1NCC[C@H]1Nc1ncnc2ccc(C(F)(F)F)cc12. The van der Waals surface area contributed by atoms with E-state index >= 15 is 0 Å². The molecule has 112 valence electrons. The molecule has 1 fully saturated rings. The van der Waals surface area contributed by atoms with Gasteiger partial charge in [-0.3, -0.25) is 0 Å². The lowest BCUT2D eigenvalue weighted by Gasteiger charge is -2.19. The number of nitrogens with zero attached hydrogens (tertiary/aromatic N) is 2. The van der Waals surface area contributed by atoms with Crippen LogP contribution in [0.3, 0.4) is 0 Å². The summed E-state index contributed by atoms with van der Waals surface area (Å²) in [6.45, 7) is 2.92. The van der Waals surface area contributed by atoms with Gasteiger partial charge in [0.05, 0.1) is 11.1 Å². The third-order valence-electron chi connectivity index (χ3n) is 3.81. The molecule has 0 unspecified atom stereocenters. The van der Waals surface area contributed by atoms with Gasteiger partial charge in [0.1, 0.15) is 12.1 Å². The highest BCUT2D eigenvalue weighted by Crippen LogP contribution is 2.32. The summed E-state index contributed by atoms with van der Waals surface area (Å²) in [7, 11) is 0. The molecule has 0 radical (unpaired) electrons. The zero-order valence-electron chi connectivity index (χ0n) is 11.4. The molecule has 1 aromatic heterocycles. The largest absolute Gasteiger partial charge is 0.416 e. The average Bonchev–Trinajstić information content (AvgIpc) is 2.83. The normalized spacial score (nSPS) is 22.7. The van der Waals surface area contributed by atoms with E-state index in [0.717, 1.165) is 25.1 Å². The number of rotatable bonds is 2. The van der Waals surface area contributed by atoms with Crippen LogP contribution in [0, 0.1) is 0 Å². The van der Waals surface area contributed by atoms with Crippen molar-refractivity contribution in [3.05, 3.63) is 30.1 Å². The molecule has 2 N–H and O–H groups in total. The predicted octanol–water partition coefficient (Wildman–Crippen LogP) is 2.81. The molecule has 1 aliphatic heterocycles. The highest BCUT2D eigenvalue weighted by molar-refractivity contribution is 5.89. The van der Waals surface area contributed by atoms with Gasteiger partial charge >= 0.3 is 6.18 Å². The molecule has 0 saturated carbocycles. The summed E-state index contributed by atoms with van der Waals surface area (Å²) in [5.74, 6) is 0.451. The fourth-order valence-corrected chi connectivity index (χ4v) is 2.58. The van der Waals surface area contributed by atoms with Crippen LogP contribution in [-0.2, 0) is 6.18 Å². The molecule has 4 nitrogen and oxygen atoms in total. The third kappa shape index (κ3) is 2.78. The summed E-state index contributed by atoms with van der Waals surface area (Å²) in [5.41, 5.74) is -0.190. The van der Waals surface area contributed by atoms with Crippen LogP contribution in [0.5, 0.6) is 0 Å². The van der Waals surface area contributed by atoms with Crippen LogP contribution < -0.4 is 10.6 Å². The minimum absolute atomic E-state index is 0.151. The zero-order chi connectivity index (χ0) is 15.0. The van der Waals surface area contributed by atoms with Crippen molar-refractivity contribution < 1.29 is 13.2 Å². The van der Waals surface area contributed by atoms with Gasteiger partial charge in [0.25, 0.3) is 0 Å². The Morgan fingerprint density at radius 1 is 1.29 bits per heavy atom. The number of halogens is 3. The van der Waals surface area contributed by atoms with Gasteiger partial charge in [-0.2, -0.15) is 13.2 Å². The number of nitrogens with one attached hydrogen (secondary N) is 2. The monoisotopic (exact) mass is 296 g/mol. The highest BCUT2D eigenvalue weighted by atomic mass is 19.4. The number of hydrogen-bond acceptors (Lipinski definition) is 4. The molecule has 7 heteroatoms. The third-order valence-corrected chi connectivity index (χ3v) is 3.81. The molecule has 2 aromatic rings. The molecule has 1 aromatic carbocycles. The fourth-order valence-electron chi connectivity index (χ4n) is 2.58. The Kier molecular flexibility index (Phi) is 3.44. The number of hydrogen-bond donors (Lipinski definition) is 2. The Labute approximate surface area is 119 Å². The van der Waals surface area contributed by atoms with Crippen LogP contribution in [-0.4, -0.2) is 28.6 Å². The van der Waals surface area contributed by atoms with Crippen molar-refractivity contribution in [1.29, 1.82) is 0 Å². The molecule has 2 heterocycles. The van der Waals surface area contributed by atoms with Crippen LogP contribution in [0.4, 0.5) is 19.0 Å². The first kappa shape index (κ1) is 14.1. The maximum absolute atomic E-state index is 12.8. The summed E-state index contributed by atoms with van der Waals surface area (Å²) in [5, 5.41) is 6.91. The van der Waals surface area contributed by atoms with Crippen LogP contribution >= 0.6 is 0 Å². The Morgan fingerprint density at radius 2 is 2.10 bits per heavy atom. The quantitative estimate of drug-likeness (QED) is 0.894. The van der Waals surface area contributed by atoms with E-state index in [0.29, 0.717) is 16.7 Å². The second-order valence-corrected chi connectivity index (χ2v) is 5.23. The van der Waals surface area contributed by atoms with Gasteiger partial charge in [-0.25, -0.2) is 9.97 Å². The van der Waals surface area contributed by atoms with Crippen molar-refractivity contribution in [3.8, 4) is 0 Å². The summed E-state index contributed by atoms with van der Waals surface area (Å²) >= 11 is 0. The topological polar surface area (TPSA) is 49.8 Å². The van der Waals surface area contributed by atoms with Gasteiger partial charge in [-0.05, 0) is 38.1 Å². The second-order valence-electron chi connectivity index (χ2n) is 5.23. The zero-order valence-corrected chi connectivity index (χ0v) is 11.4. The first-order valence-electron chi connectivity index (χ1n) is 6.77. The minimum atomic E-state index is -4.37. The smallest absolute Gasteiger partial charge is 0.365 e. The number of fused-ring (bicyclic) bond motifs is 1. The van der Waals surface area contributed by atoms with E-state index < -0.39 is 11.7 Å². The van der Waals surface area contributed by atoms with E-state index in [9.17, 15) is 13.2 Å². The standard InChI is InChI=1S/C14H15F3N4/c1-8-11(4-5-18-8)21-13-10-6-9(14(15,16)17)2-3-12(10)19-7-20-13/h2-3,6-8,11,18H,4-5H2,1H3,(H,19,20,21)/t8-,11-/m1/s1. The molecule has 0 aliphatic carbocycles. The molecule has 1 aliphatic rings. The van der Waals surface area contributed by atoms with Crippen molar-refractivity contribution >= 4 is 16.7 Å². The predicted molar refractivity (Wildman–Crippen MR) is 74.0 cm³/mol. The van der Waals surface area contributed by atoms with Crippen LogP contribution in [0.1, 0.15) is 18.9 Å². The Bertz CT molecular complexity index is 656. The summed E-state index contributed by atoms with van der Waals surface area (Å²) < 4.78 is 38.5. The maximum atomic E-state index is 12.8. The lowest BCUT2D eigenvalue weighted by Crippen LogP contribution is -2.32. The first-order valence-corrected chi connectivity index (χ1v) is 6.77. The van der Waals surface area contributed by atoms with Gasteiger partial charge in [0, 0.05) is 17.5 Å². The average molecular weight is 296 g/mol. The summed E-state index contributed by atoms with van der Waals surface area (Å²) in [6.07, 6.45) is -2.10. The summed E-state index contributed by atoms with van der Waals surface area (Å²) in [4.78, 5) is 8.14. The molecular weight excluding hydrogens is 281 g/mol. The summed E-state index contributed by atoms with van der Waals surface area (Å²) in [6, 6.07) is 3.92. The molecule has 2 atom stereocenters. The molecule has 3 rings (SSSR count). The number of anilines is 1. The van der Waals surface area contributed by atoms with Crippen LogP contribution in [0.25, 0.3) is 10.9 Å².